The van der Waals surface area contributed by atoms with E-state index < -0.39 is 76.3 Å². The second-order valence-electron chi connectivity index (χ2n) is 14.0. The van der Waals surface area contributed by atoms with E-state index in [2.05, 4.69) is 4.98 Å². The summed E-state index contributed by atoms with van der Waals surface area (Å²) in [5.74, 6) is -7.67. The molecule has 3 aromatic carbocycles. The second-order valence-corrected chi connectivity index (χ2v) is 14.9. The van der Waals surface area contributed by atoms with Crippen LogP contribution >= 0.6 is 23.2 Å². The highest BCUT2D eigenvalue weighted by molar-refractivity contribution is 6.33. The van der Waals surface area contributed by atoms with Crippen LogP contribution in [0.3, 0.4) is 0 Å². The highest BCUT2D eigenvalue weighted by Crippen LogP contribution is 2.65. The molecule has 4 aromatic rings. The molecule has 3 heterocycles. The maximum absolute atomic E-state index is 15.4. The van der Waals surface area contributed by atoms with Crippen LogP contribution < -0.4 is 14.6 Å². The molecule has 4 amide bonds. The summed E-state index contributed by atoms with van der Waals surface area (Å²) in [5, 5.41) is 12.4. The predicted octanol–water partition coefficient (Wildman–Crippen LogP) is 7.34. The number of pyridine rings is 1. The van der Waals surface area contributed by atoms with Crippen LogP contribution in [-0.4, -0.2) is 52.9 Å². The minimum absolute atomic E-state index is 0.0195. The van der Waals surface area contributed by atoms with Gasteiger partial charge < -0.3 is 9.84 Å². The summed E-state index contributed by atoms with van der Waals surface area (Å²) >= 11 is 12.7. The fraction of sp³-hybridized carbons (Fsp3) is 0.275. The van der Waals surface area contributed by atoms with Gasteiger partial charge in [-0.2, -0.15) is 18.2 Å². The largest absolute Gasteiger partial charge is 0.504 e. The summed E-state index contributed by atoms with van der Waals surface area (Å²) in [6.07, 6.45) is -2.96. The van der Waals surface area contributed by atoms with Crippen molar-refractivity contribution in [2.24, 2.45) is 23.7 Å². The van der Waals surface area contributed by atoms with Gasteiger partial charge in [0.2, 0.25) is 11.8 Å². The third kappa shape index (κ3) is 5.42. The van der Waals surface area contributed by atoms with E-state index >= 15 is 4.79 Å². The van der Waals surface area contributed by atoms with Crippen molar-refractivity contribution in [1.82, 2.24) is 9.99 Å². The highest BCUT2D eigenvalue weighted by atomic mass is 35.5. The smallest absolute Gasteiger partial charge is 0.433 e. The van der Waals surface area contributed by atoms with Crippen molar-refractivity contribution in [2.75, 3.05) is 24.1 Å². The molecule has 0 bridgehead atoms. The number of aromatic hydroxyl groups is 1. The van der Waals surface area contributed by atoms with E-state index in [-0.39, 0.29) is 35.1 Å². The van der Waals surface area contributed by atoms with Gasteiger partial charge in [0, 0.05) is 18.0 Å². The molecule has 10 nitrogen and oxygen atoms in total. The number of benzene rings is 3. The summed E-state index contributed by atoms with van der Waals surface area (Å²) in [6.45, 7) is 0. The molecule has 282 valence electrons. The third-order valence-electron chi connectivity index (χ3n) is 11.4. The van der Waals surface area contributed by atoms with Crippen LogP contribution in [0, 0.1) is 23.7 Å². The normalized spacial score (nSPS) is 26.1. The van der Waals surface area contributed by atoms with Crippen molar-refractivity contribution < 1.29 is 42.2 Å². The molecule has 2 aliphatic heterocycles. The number of hydrazine groups is 1. The van der Waals surface area contributed by atoms with E-state index in [4.69, 9.17) is 27.9 Å². The van der Waals surface area contributed by atoms with E-state index in [1.807, 2.05) is 6.08 Å². The Hall–Kier alpha value is -5.40. The molecule has 6 atom stereocenters. The van der Waals surface area contributed by atoms with Crippen LogP contribution in [0.2, 0.25) is 10.0 Å². The van der Waals surface area contributed by atoms with Crippen LogP contribution in [0.1, 0.15) is 35.6 Å². The summed E-state index contributed by atoms with van der Waals surface area (Å²) < 4.78 is 46.5. The van der Waals surface area contributed by atoms with Gasteiger partial charge in [0.05, 0.1) is 41.0 Å². The standard InChI is InChI=1S/C40H31Cl2F3N4O6/c1-47(34-28(42)14-16-31(46-34)40(43,44)45)49-35(51)25-13-12-24-26(32(25)37(49)53)19-27-36(52)48(23-10-6-9-22(41)18-23)38(54)39(27,21-7-4-3-5-8-21)33(24)20-11-15-29(50)30(17-20)55-2/h3-12,14-18,25-27,32-33,50H,13,19H2,1-2H3. The Bertz CT molecular complexity index is 2320. The molecule has 2 aliphatic carbocycles. The number of hydrogen-bond acceptors (Lipinski definition) is 8. The number of nitrogens with zero attached hydrogens (tertiary/aromatic N) is 4. The highest BCUT2D eigenvalue weighted by Gasteiger charge is 2.70. The summed E-state index contributed by atoms with van der Waals surface area (Å²) in [5.41, 5.74) is -0.891. The second kappa shape index (κ2) is 13.1. The van der Waals surface area contributed by atoms with Gasteiger partial charge in [0.1, 0.15) is 5.69 Å². The van der Waals surface area contributed by atoms with Gasteiger partial charge in [-0.05, 0) is 72.4 Å². The SMILES string of the molecule is COc1cc(C2C3=CCC4C(=O)N(N(C)c5nc(C(F)(F)F)ccc5Cl)C(=O)C4C3CC3C(=O)N(c4cccc(Cl)c4)C(=O)C32c2ccccc2)ccc1O. The lowest BCUT2D eigenvalue weighted by molar-refractivity contribution is -0.141. The van der Waals surface area contributed by atoms with Crippen molar-refractivity contribution in [3.8, 4) is 11.5 Å². The molecular formula is C40H31Cl2F3N4O6. The molecule has 0 spiro atoms. The lowest BCUT2D eigenvalue weighted by atomic mass is 9.49. The molecular weight excluding hydrogens is 760 g/mol. The number of aromatic nitrogens is 1. The first-order chi connectivity index (χ1) is 26.2. The number of alkyl halides is 3. The molecule has 2 saturated heterocycles. The van der Waals surface area contributed by atoms with Gasteiger partial charge >= 0.3 is 6.18 Å². The first-order valence-corrected chi connectivity index (χ1v) is 18.1. The minimum Gasteiger partial charge on any atom is -0.504 e. The third-order valence-corrected chi connectivity index (χ3v) is 11.9. The number of allylic oxidation sites excluding steroid dienone is 2. The number of phenolic OH excluding ortho intramolecular Hbond substituents is 1. The Morgan fingerprint density at radius 3 is 2.35 bits per heavy atom. The zero-order valence-corrected chi connectivity index (χ0v) is 30.6. The van der Waals surface area contributed by atoms with Crippen molar-refractivity contribution in [1.29, 1.82) is 0 Å². The zero-order valence-electron chi connectivity index (χ0n) is 29.1. The van der Waals surface area contributed by atoms with Crippen molar-refractivity contribution >= 4 is 58.3 Å². The Morgan fingerprint density at radius 2 is 1.65 bits per heavy atom. The molecule has 55 heavy (non-hydrogen) atoms. The first kappa shape index (κ1) is 36.6. The lowest BCUT2D eigenvalue weighted by Gasteiger charge is -2.50. The van der Waals surface area contributed by atoms with Crippen molar-refractivity contribution in [2.45, 2.75) is 30.4 Å². The van der Waals surface area contributed by atoms with Crippen LogP contribution in [0.15, 0.2) is 96.6 Å². The molecule has 1 aromatic heterocycles. The van der Waals surface area contributed by atoms with Gasteiger partial charge in [-0.1, -0.05) is 77.3 Å². The lowest BCUT2D eigenvalue weighted by Crippen LogP contribution is -2.53. The van der Waals surface area contributed by atoms with E-state index in [1.54, 1.807) is 60.7 Å². The maximum Gasteiger partial charge on any atom is 0.433 e. The Kier molecular flexibility index (Phi) is 8.73. The topological polar surface area (TPSA) is 120 Å². The number of anilines is 2. The zero-order chi connectivity index (χ0) is 39.1. The van der Waals surface area contributed by atoms with Crippen LogP contribution in [0.5, 0.6) is 11.5 Å². The van der Waals surface area contributed by atoms with E-state index in [1.165, 1.54) is 26.3 Å². The van der Waals surface area contributed by atoms with E-state index in [0.717, 1.165) is 21.0 Å². The van der Waals surface area contributed by atoms with Crippen LogP contribution in [0.25, 0.3) is 0 Å². The molecule has 1 saturated carbocycles. The molecule has 1 N–H and O–H groups in total. The molecule has 8 rings (SSSR count). The number of fused-ring (bicyclic) bond motifs is 4. The Morgan fingerprint density at radius 1 is 0.909 bits per heavy atom. The average molecular weight is 792 g/mol. The number of halogens is 5. The summed E-state index contributed by atoms with van der Waals surface area (Å²) in [7, 11) is 2.62. The average Bonchev–Trinajstić information content (AvgIpc) is 3.55. The minimum atomic E-state index is -4.82. The van der Waals surface area contributed by atoms with Gasteiger partial charge in [-0.25, -0.2) is 9.88 Å². The molecule has 0 radical (unpaired) electrons. The van der Waals surface area contributed by atoms with Crippen molar-refractivity contribution in [3.63, 3.8) is 0 Å². The fourth-order valence-corrected chi connectivity index (χ4v) is 9.59. The maximum atomic E-state index is 15.4. The quantitative estimate of drug-likeness (QED) is 0.159. The Balaban J connectivity index is 1.31. The molecule has 4 aliphatic rings. The monoisotopic (exact) mass is 790 g/mol. The molecule has 3 fully saturated rings. The fourth-order valence-electron chi connectivity index (χ4n) is 9.18. The molecule has 6 unspecified atom stereocenters. The number of methoxy groups -OCH3 is 1. The van der Waals surface area contributed by atoms with Crippen LogP contribution in [0.4, 0.5) is 24.7 Å². The van der Waals surface area contributed by atoms with Crippen LogP contribution in [-0.2, 0) is 30.8 Å². The van der Waals surface area contributed by atoms with E-state index in [9.17, 15) is 32.7 Å². The number of phenols is 1. The number of amides is 4. The number of ether oxygens (including phenoxy) is 1. The summed E-state index contributed by atoms with van der Waals surface area (Å²) in [6, 6.07) is 21.6. The molecule has 15 heteroatoms. The summed E-state index contributed by atoms with van der Waals surface area (Å²) in [4.78, 5) is 63.8. The number of carbonyl (C=O) groups is 4. The van der Waals surface area contributed by atoms with Gasteiger partial charge in [-0.3, -0.25) is 24.2 Å². The number of rotatable bonds is 6. The van der Waals surface area contributed by atoms with E-state index in [0.29, 0.717) is 27.8 Å². The van der Waals surface area contributed by atoms with Crippen molar-refractivity contribution in [3.05, 3.63) is 123 Å². The number of imide groups is 2. The first-order valence-electron chi connectivity index (χ1n) is 17.3. The number of carbonyl (C=O) groups excluding carboxylic acids is 4. The predicted molar refractivity (Wildman–Crippen MR) is 195 cm³/mol. The van der Waals surface area contributed by atoms with Gasteiger partial charge in [0.15, 0.2) is 17.3 Å². The van der Waals surface area contributed by atoms with Gasteiger partial charge in [-0.15, -0.1) is 0 Å². The van der Waals surface area contributed by atoms with Gasteiger partial charge in [0.25, 0.3) is 11.8 Å². The number of hydrogen-bond donors (Lipinski definition) is 1. The Labute approximate surface area is 322 Å².